The Kier molecular flexibility index (Phi) is 1.80. The maximum absolute atomic E-state index is 5.19. The lowest BCUT2D eigenvalue weighted by molar-refractivity contribution is 0.697. The summed E-state index contributed by atoms with van der Waals surface area (Å²) in [6.07, 6.45) is 2.46. The highest BCUT2D eigenvalue weighted by Crippen LogP contribution is 2.45. The molecule has 1 aromatic heterocycles. The minimum atomic E-state index is 0.284. The summed E-state index contributed by atoms with van der Waals surface area (Å²) >= 11 is 5.19. The number of nitrogens with one attached hydrogen (secondary N) is 1. The average molecular weight is 194 g/mol. The SMILES string of the molecule is Cc1[nH]c(C2(C)CC2)nc(=S)c1C. The van der Waals surface area contributed by atoms with E-state index in [4.69, 9.17) is 12.2 Å². The number of aromatic amines is 1. The lowest BCUT2D eigenvalue weighted by atomic mass is 10.1. The van der Waals surface area contributed by atoms with E-state index >= 15 is 0 Å². The second kappa shape index (κ2) is 2.64. The number of aromatic nitrogens is 2. The van der Waals surface area contributed by atoms with Crippen molar-refractivity contribution in [2.45, 2.75) is 39.0 Å². The molecule has 1 aliphatic carbocycles. The summed E-state index contributed by atoms with van der Waals surface area (Å²) in [5.74, 6) is 1.07. The fourth-order valence-electron chi connectivity index (χ4n) is 1.36. The van der Waals surface area contributed by atoms with Gasteiger partial charge < -0.3 is 4.98 Å². The van der Waals surface area contributed by atoms with Crippen LogP contribution < -0.4 is 0 Å². The van der Waals surface area contributed by atoms with Crippen LogP contribution in [0.5, 0.6) is 0 Å². The lowest BCUT2D eigenvalue weighted by Gasteiger charge is -2.10. The third kappa shape index (κ3) is 1.41. The highest BCUT2D eigenvalue weighted by Gasteiger charge is 2.41. The number of hydrogen-bond donors (Lipinski definition) is 1. The van der Waals surface area contributed by atoms with Crippen molar-refractivity contribution < 1.29 is 0 Å². The van der Waals surface area contributed by atoms with E-state index < -0.39 is 0 Å². The van der Waals surface area contributed by atoms with E-state index in [2.05, 4.69) is 23.8 Å². The summed E-state index contributed by atoms with van der Waals surface area (Å²) in [6.45, 7) is 6.30. The van der Waals surface area contributed by atoms with Crippen LogP contribution in [0.15, 0.2) is 0 Å². The van der Waals surface area contributed by atoms with Gasteiger partial charge in [0.2, 0.25) is 0 Å². The highest BCUT2D eigenvalue weighted by molar-refractivity contribution is 7.71. The van der Waals surface area contributed by atoms with E-state index in [0.717, 1.165) is 21.7 Å². The molecule has 2 nitrogen and oxygen atoms in total. The molecule has 0 bridgehead atoms. The average Bonchev–Trinajstić information content (AvgIpc) is 2.80. The Labute approximate surface area is 83.4 Å². The predicted octanol–water partition coefficient (Wildman–Crippen LogP) is 2.81. The number of rotatable bonds is 1. The van der Waals surface area contributed by atoms with Gasteiger partial charge in [-0.1, -0.05) is 19.1 Å². The second-order valence-corrected chi connectivity index (χ2v) is 4.59. The summed E-state index contributed by atoms with van der Waals surface area (Å²) in [7, 11) is 0. The van der Waals surface area contributed by atoms with Gasteiger partial charge in [-0.05, 0) is 26.7 Å². The molecule has 1 saturated carbocycles. The summed E-state index contributed by atoms with van der Waals surface area (Å²) < 4.78 is 0.749. The minimum absolute atomic E-state index is 0.284. The van der Waals surface area contributed by atoms with Gasteiger partial charge in [0.15, 0.2) is 0 Å². The molecule has 13 heavy (non-hydrogen) atoms. The second-order valence-electron chi connectivity index (χ2n) is 4.20. The summed E-state index contributed by atoms with van der Waals surface area (Å²) in [4.78, 5) is 7.77. The van der Waals surface area contributed by atoms with Crippen LogP contribution in [0.3, 0.4) is 0 Å². The Morgan fingerprint density at radius 2 is 2.00 bits per heavy atom. The third-order valence-corrected chi connectivity index (χ3v) is 3.37. The molecule has 1 aromatic rings. The molecule has 1 fully saturated rings. The summed E-state index contributed by atoms with van der Waals surface area (Å²) in [5.41, 5.74) is 2.54. The van der Waals surface area contributed by atoms with E-state index in [9.17, 15) is 0 Å². The quantitative estimate of drug-likeness (QED) is 0.696. The first-order chi connectivity index (χ1) is 6.03. The predicted molar refractivity (Wildman–Crippen MR) is 55.5 cm³/mol. The van der Waals surface area contributed by atoms with Crippen LogP contribution >= 0.6 is 12.2 Å². The van der Waals surface area contributed by atoms with Gasteiger partial charge in [-0.2, -0.15) is 0 Å². The molecular formula is C10H14N2S. The normalized spacial score (nSPS) is 18.7. The smallest absolute Gasteiger partial charge is 0.132 e. The maximum Gasteiger partial charge on any atom is 0.132 e. The topological polar surface area (TPSA) is 28.7 Å². The molecule has 70 valence electrons. The fraction of sp³-hybridized carbons (Fsp3) is 0.600. The van der Waals surface area contributed by atoms with Crippen molar-refractivity contribution >= 4 is 12.2 Å². The standard InChI is InChI=1S/C10H14N2S/c1-6-7(2)11-9(12-8(6)13)10(3)4-5-10/h4-5H2,1-3H3,(H,11,12,13). The van der Waals surface area contributed by atoms with Crippen molar-refractivity contribution in [1.29, 1.82) is 0 Å². The summed E-state index contributed by atoms with van der Waals surface area (Å²) in [6, 6.07) is 0. The molecule has 2 rings (SSSR count). The van der Waals surface area contributed by atoms with Crippen LogP contribution in [0.25, 0.3) is 0 Å². The molecule has 0 amide bonds. The zero-order chi connectivity index (χ0) is 9.64. The Hall–Kier alpha value is -0.700. The van der Waals surface area contributed by atoms with Gasteiger partial charge in [-0.15, -0.1) is 0 Å². The molecule has 0 spiro atoms. The molecule has 1 N–H and O–H groups in total. The van der Waals surface area contributed by atoms with E-state index in [1.807, 2.05) is 6.92 Å². The van der Waals surface area contributed by atoms with E-state index in [1.54, 1.807) is 0 Å². The molecule has 0 aliphatic heterocycles. The number of hydrogen-bond acceptors (Lipinski definition) is 2. The number of aryl methyl sites for hydroxylation is 1. The molecule has 0 radical (unpaired) electrons. The van der Waals surface area contributed by atoms with Crippen molar-refractivity contribution in [2.24, 2.45) is 0 Å². The van der Waals surface area contributed by atoms with Crippen LogP contribution in [0.4, 0.5) is 0 Å². The first-order valence-corrected chi connectivity index (χ1v) is 5.02. The van der Waals surface area contributed by atoms with Crippen molar-refractivity contribution in [3.05, 3.63) is 21.7 Å². The van der Waals surface area contributed by atoms with Gasteiger partial charge >= 0.3 is 0 Å². The molecule has 1 heterocycles. The molecule has 0 saturated heterocycles. The Morgan fingerprint density at radius 3 is 2.46 bits per heavy atom. The zero-order valence-corrected chi connectivity index (χ0v) is 9.09. The first kappa shape index (κ1) is 8.88. The number of H-pyrrole nitrogens is 1. The third-order valence-electron chi connectivity index (χ3n) is 2.97. The van der Waals surface area contributed by atoms with Gasteiger partial charge in [0, 0.05) is 16.7 Å². The van der Waals surface area contributed by atoms with E-state index in [0.29, 0.717) is 0 Å². The molecule has 0 unspecified atom stereocenters. The van der Waals surface area contributed by atoms with Crippen LogP contribution in [-0.2, 0) is 5.41 Å². The molecule has 1 aliphatic rings. The van der Waals surface area contributed by atoms with Gasteiger partial charge in [-0.25, -0.2) is 4.98 Å². The molecular weight excluding hydrogens is 180 g/mol. The van der Waals surface area contributed by atoms with Gasteiger partial charge in [0.05, 0.1) is 0 Å². The van der Waals surface area contributed by atoms with Gasteiger partial charge in [0.1, 0.15) is 10.5 Å². The van der Waals surface area contributed by atoms with E-state index in [-0.39, 0.29) is 5.41 Å². The molecule has 0 aromatic carbocycles. The van der Waals surface area contributed by atoms with Crippen molar-refractivity contribution in [3.8, 4) is 0 Å². The van der Waals surface area contributed by atoms with Crippen LogP contribution in [-0.4, -0.2) is 9.97 Å². The van der Waals surface area contributed by atoms with Crippen molar-refractivity contribution in [1.82, 2.24) is 9.97 Å². The van der Waals surface area contributed by atoms with Crippen LogP contribution in [0.2, 0.25) is 0 Å². The van der Waals surface area contributed by atoms with Gasteiger partial charge in [0.25, 0.3) is 0 Å². The Bertz CT molecular complexity index is 402. The Balaban J connectivity index is 2.56. The molecule has 0 atom stereocenters. The van der Waals surface area contributed by atoms with Crippen molar-refractivity contribution in [3.63, 3.8) is 0 Å². The largest absolute Gasteiger partial charge is 0.347 e. The summed E-state index contributed by atoms with van der Waals surface area (Å²) in [5, 5.41) is 0. The zero-order valence-electron chi connectivity index (χ0n) is 8.27. The van der Waals surface area contributed by atoms with Crippen molar-refractivity contribution in [2.75, 3.05) is 0 Å². The lowest BCUT2D eigenvalue weighted by Crippen LogP contribution is -2.09. The van der Waals surface area contributed by atoms with Crippen LogP contribution in [0.1, 0.15) is 36.8 Å². The van der Waals surface area contributed by atoms with E-state index in [1.165, 1.54) is 12.8 Å². The fourth-order valence-corrected chi connectivity index (χ4v) is 1.60. The van der Waals surface area contributed by atoms with Gasteiger partial charge in [-0.3, -0.25) is 0 Å². The Morgan fingerprint density at radius 1 is 1.38 bits per heavy atom. The minimum Gasteiger partial charge on any atom is -0.347 e. The van der Waals surface area contributed by atoms with Crippen LogP contribution in [0, 0.1) is 18.5 Å². The first-order valence-electron chi connectivity index (χ1n) is 4.61. The number of nitrogens with zero attached hydrogens (tertiary/aromatic N) is 1. The highest BCUT2D eigenvalue weighted by atomic mass is 32.1. The molecule has 3 heteroatoms. The monoisotopic (exact) mass is 194 g/mol. The maximum atomic E-state index is 5.19.